The molecule has 0 saturated heterocycles. The van der Waals surface area contributed by atoms with Crippen LogP contribution < -0.4 is 33.2 Å². The monoisotopic (exact) mass is 461 g/mol. The second-order valence-electron chi connectivity index (χ2n) is 7.24. The number of carboxylic acids is 1. The van der Waals surface area contributed by atoms with Crippen molar-refractivity contribution in [1.82, 2.24) is 16.0 Å². The molecular formula is C18H35N7O5S. The zero-order chi connectivity index (χ0) is 24.0. The van der Waals surface area contributed by atoms with Gasteiger partial charge in [-0.25, -0.2) is 0 Å². The van der Waals surface area contributed by atoms with Crippen LogP contribution in [0.4, 0.5) is 0 Å². The highest BCUT2D eigenvalue weighted by Crippen LogP contribution is 2.07. The van der Waals surface area contributed by atoms with E-state index < -0.39 is 48.4 Å². The summed E-state index contributed by atoms with van der Waals surface area (Å²) in [5, 5.41) is 16.2. The van der Waals surface area contributed by atoms with E-state index in [1.165, 1.54) is 0 Å². The van der Waals surface area contributed by atoms with Crippen molar-refractivity contribution in [2.24, 2.45) is 28.1 Å². The van der Waals surface area contributed by atoms with Crippen LogP contribution in [0.2, 0.25) is 0 Å². The predicted molar refractivity (Wildman–Crippen MR) is 120 cm³/mol. The van der Waals surface area contributed by atoms with Crippen LogP contribution in [0, 0.1) is 5.92 Å². The van der Waals surface area contributed by atoms with Crippen molar-refractivity contribution in [1.29, 1.82) is 0 Å². The normalized spacial score (nSPS) is 13.6. The van der Waals surface area contributed by atoms with Crippen LogP contribution >= 0.6 is 11.8 Å². The lowest BCUT2D eigenvalue weighted by molar-refractivity contribution is -0.138. The van der Waals surface area contributed by atoms with Crippen molar-refractivity contribution in [3.05, 3.63) is 0 Å². The first-order chi connectivity index (χ1) is 14.5. The molecular weight excluding hydrogens is 426 g/mol. The highest BCUT2D eigenvalue weighted by molar-refractivity contribution is 7.98. The molecule has 3 amide bonds. The molecule has 31 heavy (non-hydrogen) atoms. The van der Waals surface area contributed by atoms with E-state index in [4.69, 9.17) is 22.3 Å². The molecule has 178 valence electrons. The van der Waals surface area contributed by atoms with Gasteiger partial charge in [0, 0.05) is 6.54 Å². The number of thioether (sulfide) groups is 1. The highest BCUT2D eigenvalue weighted by Gasteiger charge is 2.30. The first-order valence-electron chi connectivity index (χ1n) is 9.89. The predicted octanol–water partition coefficient (Wildman–Crippen LogP) is -2.05. The van der Waals surface area contributed by atoms with E-state index in [-0.39, 0.29) is 24.8 Å². The maximum absolute atomic E-state index is 12.8. The summed E-state index contributed by atoms with van der Waals surface area (Å²) < 4.78 is 0. The lowest BCUT2D eigenvalue weighted by atomic mass is 10.0. The van der Waals surface area contributed by atoms with Crippen LogP contribution in [-0.4, -0.2) is 78.0 Å². The Morgan fingerprint density at radius 2 is 1.68 bits per heavy atom. The number of amides is 3. The number of aliphatic carboxylic acids is 1. The van der Waals surface area contributed by atoms with E-state index in [1.54, 1.807) is 25.6 Å². The first kappa shape index (κ1) is 28.5. The molecule has 0 bridgehead atoms. The smallest absolute Gasteiger partial charge is 0.322 e. The zero-order valence-electron chi connectivity index (χ0n) is 18.2. The zero-order valence-corrected chi connectivity index (χ0v) is 19.0. The minimum Gasteiger partial charge on any atom is -0.480 e. The Morgan fingerprint density at radius 1 is 1.03 bits per heavy atom. The summed E-state index contributed by atoms with van der Waals surface area (Å²) in [6.45, 7) is 3.13. The minimum atomic E-state index is -1.22. The number of guanidine groups is 1. The van der Waals surface area contributed by atoms with E-state index in [9.17, 15) is 19.2 Å². The van der Waals surface area contributed by atoms with Gasteiger partial charge in [0.15, 0.2) is 5.96 Å². The second kappa shape index (κ2) is 15.3. The van der Waals surface area contributed by atoms with E-state index >= 15 is 0 Å². The van der Waals surface area contributed by atoms with Crippen molar-refractivity contribution in [3.8, 4) is 0 Å². The van der Waals surface area contributed by atoms with Crippen LogP contribution in [0.15, 0.2) is 4.99 Å². The van der Waals surface area contributed by atoms with Crippen LogP contribution in [0.3, 0.4) is 0 Å². The van der Waals surface area contributed by atoms with Gasteiger partial charge in [0.25, 0.3) is 0 Å². The molecule has 0 aliphatic carbocycles. The number of carbonyl (C=O) groups excluding carboxylic acids is 3. The molecule has 10 N–H and O–H groups in total. The van der Waals surface area contributed by atoms with Gasteiger partial charge in [-0.2, -0.15) is 11.8 Å². The average molecular weight is 462 g/mol. The van der Waals surface area contributed by atoms with E-state index in [1.807, 2.05) is 6.26 Å². The van der Waals surface area contributed by atoms with Crippen LogP contribution in [0.5, 0.6) is 0 Å². The number of hydrogen-bond acceptors (Lipinski definition) is 7. The summed E-state index contributed by atoms with van der Waals surface area (Å²) in [5.41, 5.74) is 16.4. The van der Waals surface area contributed by atoms with Gasteiger partial charge in [0.1, 0.15) is 18.6 Å². The molecule has 0 aromatic rings. The Balaban J connectivity index is 5.18. The maximum atomic E-state index is 12.8. The Kier molecular flexibility index (Phi) is 14.0. The molecule has 0 aliphatic rings. The van der Waals surface area contributed by atoms with Gasteiger partial charge in [-0.1, -0.05) is 13.8 Å². The van der Waals surface area contributed by atoms with Crippen molar-refractivity contribution in [3.63, 3.8) is 0 Å². The lowest BCUT2D eigenvalue weighted by Gasteiger charge is -2.26. The molecule has 0 fully saturated rings. The number of nitrogens with two attached hydrogens (primary N) is 3. The fraction of sp³-hybridized carbons (Fsp3) is 0.722. The number of rotatable bonds is 15. The van der Waals surface area contributed by atoms with Gasteiger partial charge < -0.3 is 38.3 Å². The summed E-state index contributed by atoms with van der Waals surface area (Å²) in [5.74, 6) is -2.58. The van der Waals surface area contributed by atoms with Crippen LogP contribution in [-0.2, 0) is 19.2 Å². The van der Waals surface area contributed by atoms with Gasteiger partial charge in [-0.05, 0) is 37.2 Å². The third-order valence-corrected chi connectivity index (χ3v) is 4.85. The average Bonchev–Trinajstić information content (AvgIpc) is 2.69. The molecule has 0 rings (SSSR count). The summed E-state index contributed by atoms with van der Waals surface area (Å²) in [6.07, 6.45) is 2.89. The summed E-state index contributed by atoms with van der Waals surface area (Å²) in [4.78, 5) is 52.1. The third-order valence-electron chi connectivity index (χ3n) is 4.21. The Labute approximate surface area is 186 Å². The summed E-state index contributed by atoms with van der Waals surface area (Å²) in [7, 11) is 0. The van der Waals surface area contributed by atoms with Gasteiger partial charge in [0.2, 0.25) is 17.7 Å². The van der Waals surface area contributed by atoms with Gasteiger partial charge >= 0.3 is 5.97 Å². The number of aliphatic imine (C=N–C) groups is 1. The number of carbonyl (C=O) groups is 4. The molecule has 3 unspecified atom stereocenters. The minimum absolute atomic E-state index is 0.101. The number of hydrogen-bond donors (Lipinski definition) is 7. The van der Waals surface area contributed by atoms with Gasteiger partial charge in [0.05, 0.1) is 6.04 Å². The molecule has 0 heterocycles. The SMILES string of the molecule is CSCCC(N)C(=O)NC(C(=O)NC(CCCN=C(N)N)C(=O)NCC(=O)O)C(C)C. The van der Waals surface area contributed by atoms with Crippen molar-refractivity contribution >= 4 is 41.4 Å². The van der Waals surface area contributed by atoms with E-state index in [2.05, 4.69) is 20.9 Å². The largest absolute Gasteiger partial charge is 0.480 e. The Bertz CT molecular complexity index is 641. The molecule has 0 aromatic heterocycles. The molecule has 0 aliphatic heterocycles. The quantitative estimate of drug-likeness (QED) is 0.0810. The Hall–Kier alpha value is -2.54. The van der Waals surface area contributed by atoms with Crippen LogP contribution in [0.1, 0.15) is 33.1 Å². The number of nitrogens with zero attached hydrogens (tertiary/aromatic N) is 1. The van der Waals surface area contributed by atoms with Crippen LogP contribution in [0.25, 0.3) is 0 Å². The first-order valence-corrected chi connectivity index (χ1v) is 11.3. The molecule has 0 radical (unpaired) electrons. The standard InChI is InChI=1S/C18H35N7O5S/c1-10(2)14(25-15(28)11(19)6-8-31-3)17(30)24-12(5-4-7-22-18(20)21)16(29)23-9-13(26)27/h10-12,14H,4-9,19H2,1-3H3,(H,23,29)(H,24,30)(H,25,28)(H,26,27)(H4,20,21,22). The van der Waals surface area contributed by atoms with E-state index in [0.29, 0.717) is 18.6 Å². The highest BCUT2D eigenvalue weighted by atomic mass is 32.2. The fourth-order valence-corrected chi connectivity index (χ4v) is 2.98. The van der Waals surface area contributed by atoms with Crippen molar-refractivity contribution in [2.45, 2.75) is 51.2 Å². The fourth-order valence-electron chi connectivity index (χ4n) is 2.49. The Morgan fingerprint density at radius 3 is 2.19 bits per heavy atom. The molecule has 0 spiro atoms. The summed E-state index contributed by atoms with van der Waals surface area (Å²) >= 11 is 1.56. The third kappa shape index (κ3) is 12.7. The molecule has 3 atom stereocenters. The summed E-state index contributed by atoms with van der Waals surface area (Å²) in [6, 6.07) is -2.69. The van der Waals surface area contributed by atoms with E-state index in [0.717, 1.165) is 0 Å². The van der Waals surface area contributed by atoms with Crippen molar-refractivity contribution < 1.29 is 24.3 Å². The molecule has 13 heteroatoms. The van der Waals surface area contributed by atoms with Crippen molar-refractivity contribution in [2.75, 3.05) is 25.1 Å². The lowest BCUT2D eigenvalue weighted by Crippen LogP contribution is -2.57. The van der Waals surface area contributed by atoms with Gasteiger partial charge in [-0.3, -0.25) is 24.2 Å². The molecule has 0 saturated carbocycles. The van der Waals surface area contributed by atoms with Gasteiger partial charge in [-0.15, -0.1) is 0 Å². The number of carboxylic acid groups (broad SMARTS) is 1. The topological polar surface area (TPSA) is 215 Å². The molecule has 12 nitrogen and oxygen atoms in total. The maximum Gasteiger partial charge on any atom is 0.322 e. The molecule has 0 aromatic carbocycles. The second-order valence-corrected chi connectivity index (χ2v) is 8.23. The number of nitrogens with one attached hydrogen (secondary N) is 3.